The van der Waals surface area contributed by atoms with Crippen LogP contribution in [0.15, 0.2) is 193 Å². The molecule has 0 aliphatic heterocycles. The number of aryl methyl sites for hydroxylation is 4. The summed E-state index contributed by atoms with van der Waals surface area (Å²) in [6.45, 7) is 11.8. The van der Waals surface area contributed by atoms with E-state index in [0.29, 0.717) is 95.5 Å². The number of carbonyl (C=O) groups is 6. The van der Waals surface area contributed by atoms with Gasteiger partial charge >= 0.3 is 12.2 Å². The van der Waals surface area contributed by atoms with Crippen molar-refractivity contribution in [3.63, 3.8) is 0 Å². The molecule has 0 aliphatic rings. The predicted molar refractivity (Wildman–Crippen MR) is 404 cm³/mol. The summed E-state index contributed by atoms with van der Waals surface area (Å²) in [7, 11) is -8.71. The van der Waals surface area contributed by atoms with Crippen LogP contribution in [0.5, 0.6) is 0 Å². The number of anilines is 2. The van der Waals surface area contributed by atoms with Crippen LogP contribution in [-0.2, 0) is 68.3 Å². The van der Waals surface area contributed by atoms with E-state index < -0.39 is 43.9 Å². The van der Waals surface area contributed by atoms with Gasteiger partial charge in [-0.15, -0.1) is 0 Å². The van der Waals surface area contributed by atoms with Gasteiger partial charge in [-0.25, -0.2) is 54.6 Å². The van der Waals surface area contributed by atoms with Crippen molar-refractivity contribution in [1.82, 2.24) is 48.5 Å². The average molecular weight is 1510 g/mol. The smallest absolute Gasteiger partial charge is 0.421 e. The third kappa shape index (κ3) is 20.5. The standard InChI is InChI=1S/2C40H43FN6O6S/c1-4-7-23-53-40(50)45-54(51,52)36-16-9-8-15-32(36)28-17-18-30(33(41)24-28)27-47-37(12-5-2)44-34(6-3)38(47)35(48)19-22-46(31-14-11-21-43-26-31)39(49)29-13-10-20-42-25-29;1-4-7-24-53-40(50)45-54(51,52)36-14-9-8-13-32(36)29-15-16-30(33(41)25-29)27-47-37(11-5-2)44-34(6-3)38(47)35(48)19-23-46(31-12-10-20-43-26-31)39(49)28-17-21-42-22-18-28/h8-11,13-18,20-21,24-26H,4-7,12,19,22-23,27H2,1-3H3,(H,45,50);8-10,12-18,20-22,25-26H,4-7,11,19,23-24,27H2,1-3H3,(H,45,50). The maximum Gasteiger partial charge on any atom is 0.421 e. The van der Waals surface area contributed by atoms with Crippen LogP contribution in [0.1, 0.15) is 169 Å². The molecule has 4 aromatic carbocycles. The lowest BCUT2D eigenvalue weighted by molar-refractivity contribution is 0.0946. The number of rotatable bonds is 34. The van der Waals surface area contributed by atoms with Crippen LogP contribution in [0.3, 0.4) is 0 Å². The van der Waals surface area contributed by atoms with Gasteiger partial charge < -0.3 is 28.4 Å². The summed E-state index contributed by atoms with van der Waals surface area (Å²) in [6, 6.07) is 34.2. The van der Waals surface area contributed by atoms with Gasteiger partial charge in [-0.2, -0.15) is 0 Å². The molecule has 0 spiro atoms. The number of benzene rings is 4. The number of carbonyl (C=O) groups excluding carboxylic acids is 6. The van der Waals surface area contributed by atoms with Crippen molar-refractivity contribution >= 4 is 67.0 Å². The molecule has 6 heterocycles. The van der Waals surface area contributed by atoms with Crippen molar-refractivity contribution in [1.29, 1.82) is 0 Å². The minimum atomic E-state index is -4.35. The number of imidazole rings is 2. The minimum Gasteiger partial charge on any atom is -0.449 e. The van der Waals surface area contributed by atoms with Crippen molar-refractivity contribution in [2.75, 3.05) is 36.1 Å². The largest absolute Gasteiger partial charge is 0.449 e. The highest BCUT2D eigenvalue weighted by atomic mass is 32.2. The van der Waals surface area contributed by atoms with Crippen LogP contribution in [0.2, 0.25) is 0 Å². The summed E-state index contributed by atoms with van der Waals surface area (Å²) in [6.07, 6.45) is 16.3. The summed E-state index contributed by atoms with van der Waals surface area (Å²) in [5, 5.41) is 0. The minimum absolute atomic E-state index is 0.0110. The molecule has 6 aromatic heterocycles. The third-order valence-corrected chi connectivity index (χ3v) is 20.1. The Morgan fingerprint density at radius 3 is 1.26 bits per heavy atom. The average Bonchev–Trinajstić information content (AvgIpc) is 1.32. The van der Waals surface area contributed by atoms with Crippen molar-refractivity contribution in [2.24, 2.45) is 0 Å². The number of amides is 4. The Labute approximate surface area is 627 Å². The highest BCUT2D eigenvalue weighted by Gasteiger charge is 2.30. The summed E-state index contributed by atoms with van der Waals surface area (Å²) in [5.41, 5.74) is 5.11. The highest BCUT2D eigenvalue weighted by molar-refractivity contribution is 7.90. The molecule has 2 N–H and O–H groups in total. The fourth-order valence-electron chi connectivity index (χ4n) is 12.0. The van der Waals surface area contributed by atoms with Crippen molar-refractivity contribution in [3.05, 3.63) is 251 Å². The van der Waals surface area contributed by atoms with E-state index in [4.69, 9.17) is 19.4 Å². The van der Waals surface area contributed by atoms with Gasteiger partial charge in [0.1, 0.15) is 34.7 Å². The van der Waals surface area contributed by atoms with E-state index in [0.717, 1.165) is 25.7 Å². The molecule has 0 fully saturated rings. The molecule has 0 bridgehead atoms. The highest BCUT2D eigenvalue weighted by Crippen LogP contribution is 2.33. The van der Waals surface area contributed by atoms with Crippen LogP contribution in [0.25, 0.3) is 22.3 Å². The van der Waals surface area contributed by atoms with Gasteiger partial charge in [-0.05, 0) is 122 Å². The van der Waals surface area contributed by atoms with E-state index in [-0.39, 0.29) is 119 Å². The van der Waals surface area contributed by atoms with E-state index in [2.05, 4.69) is 19.9 Å². The third-order valence-electron chi connectivity index (χ3n) is 17.4. The summed E-state index contributed by atoms with van der Waals surface area (Å²) in [5.74, 6) is -1.14. The van der Waals surface area contributed by atoms with Crippen LogP contribution in [0, 0.1) is 11.6 Å². The van der Waals surface area contributed by atoms with E-state index in [1.165, 1.54) is 76.9 Å². The normalized spacial score (nSPS) is 11.3. The van der Waals surface area contributed by atoms with E-state index in [9.17, 15) is 45.6 Å². The lowest BCUT2D eigenvalue weighted by atomic mass is 10.0. The maximum absolute atomic E-state index is 16.1. The Bertz CT molecular complexity index is 4700. The zero-order chi connectivity index (χ0) is 77.3. The number of aromatic nitrogens is 8. The molecule has 10 aromatic rings. The molecule has 0 aliphatic carbocycles. The molecule has 0 unspecified atom stereocenters. The number of Topliss-reactive ketones (excluding diaryl/α,β-unsaturated/α-hetero) is 2. The van der Waals surface area contributed by atoms with Gasteiger partial charge in [0.25, 0.3) is 31.9 Å². The van der Waals surface area contributed by atoms with Gasteiger partial charge in [0.05, 0.1) is 76.8 Å². The number of hydrogen-bond acceptors (Lipinski definition) is 18. The molecule has 564 valence electrons. The maximum atomic E-state index is 16.1. The topological polar surface area (TPSA) is 307 Å². The summed E-state index contributed by atoms with van der Waals surface area (Å²) in [4.78, 5) is 108. The first-order chi connectivity index (χ1) is 52.1. The number of hydrogen-bond donors (Lipinski definition) is 2. The Kier molecular flexibility index (Phi) is 28.8. The van der Waals surface area contributed by atoms with Crippen molar-refractivity contribution < 1.29 is 63.9 Å². The SMILES string of the molecule is CCCCOC(=O)NS(=O)(=O)c1ccccc1-c1ccc(Cn2c(CCC)nc(CC)c2C(=O)CCN(C(=O)c2cccnc2)c2cccnc2)c(F)c1.CCCCOC(=O)NS(=O)(=O)c1ccccc1-c1ccc(Cn2c(CCC)nc(CC)c2C(=O)CCN(C(=O)c2ccncc2)c2cccnc2)c(F)c1. The zero-order valence-corrected chi connectivity index (χ0v) is 62.6. The van der Waals surface area contributed by atoms with Gasteiger partial charge in [0, 0.05) is 104 Å². The quantitative estimate of drug-likeness (QED) is 0.0280. The Morgan fingerprint density at radius 1 is 0.463 bits per heavy atom. The first-order valence-electron chi connectivity index (χ1n) is 35.8. The molecular weight excluding hydrogens is 1420 g/mol. The number of nitrogens with one attached hydrogen (secondary N) is 2. The number of nitrogens with zero attached hydrogens (tertiary/aromatic N) is 10. The second-order valence-electron chi connectivity index (χ2n) is 25.0. The van der Waals surface area contributed by atoms with Gasteiger partial charge in [0.2, 0.25) is 0 Å². The molecule has 28 heteroatoms. The second kappa shape index (κ2) is 38.7. The van der Waals surface area contributed by atoms with E-state index >= 15 is 8.78 Å². The van der Waals surface area contributed by atoms with E-state index in [1.807, 2.05) is 51.0 Å². The predicted octanol–water partition coefficient (Wildman–Crippen LogP) is 14.4. The Morgan fingerprint density at radius 2 is 0.880 bits per heavy atom. The van der Waals surface area contributed by atoms with Crippen LogP contribution < -0.4 is 19.2 Å². The molecule has 4 amide bonds. The molecule has 108 heavy (non-hydrogen) atoms. The summed E-state index contributed by atoms with van der Waals surface area (Å²) < 4.78 is 102. The van der Waals surface area contributed by atoms with Gasteiger partial charge in [0.15, 0.2) is 11.6 Å². The van der Waals surface area contributed by atoms with Gasteiger partial charge in [-0.3, -0.25) is 39.1 Å². The first kappa shape index (κ1) is 80.6. The number of ketones is 2. The summed E-state index contributed by atoms with van der Waals surface area (Å²) >= 11 is 0. The van der Waals surface area contributed by atoms with E-state index in [1.54, 1.807) is 125 Å². The molecule has 0 radical (unpaired) electrons. The van der Waals surface area contributed by atoms with Crippen LogP contribution >= 0.6 is 0 Å². The van der Waals surface area contributed by atoms with Gasteiger partial charge in [-0.1, -0.05) is 115 Å². The number of ether oxygens (including phenoxy) is 2. The molecule has 24 nitrogen and oxygen atoms in total. The van der Waals surface area contributed by atoms with Crippen LogP contribution in [-0.4, -0.2) is 118 Å². The van der Waals surface area contributed by atoms with Crippen molar-refractivity contribution in [2.45, 2.75) is 141 Å². The molecular formula is C80H86F2N12O12S2. The number of pyridine rings is 4. The monoisotopic (exact) mass is 1510 g/mol. The fraction of sp³-hybridized carbons (Fsp3) is 0.300. The van der Waals surface area contributed by atoms with Crippen molar-refractivity contribution in [3.8, 4) is 22.3 Å². The molecule has 0 atom stereocenters. The van der Waals surface area contributed by atoms with Crippen LogP contribution in [0.4, 0.5) is 29.7 Å². The molecule has 0 saturated carbocycles. The number of sulfonamides is 2. The fourth-order valence-corrected chi connectivity index (χ4v) is 14.2. The number of halogens is 2. The number of unbranched alkanes of at least 4 members (excludes halogenated alkanes) is 2. The lowest BCUT2D eigenvalue weighted by Crippen LogP contribution is -2.33. The second-order valence-corrected chi connectivity index (χ2v) is 28.3. The molecule has 0 saturated heterocycles. The first-order valence-corrected chi connectivity index (χ1v) is 38.7. The lowest BCUT2D eigenvalue weighted by Gasteiger charge is -2.22. The zero-order valence-electron chi connectivity index (χ0n) is 61.0. The Balaban J connectivity index is 0.000000249. The Hall–Kier alpha value is -11.5. The molecule has 10 rings (SSSR count).